The molecule has 2 amide bonds. The molecule has 1 N–H and O–H groups in total. The smallest absolute Gasteiger partial charge is 0.434 e. The van der Waals surface area contributed by atoms with Crippen LogP contribution in [0, 0.1) is 0 Å². The Morgan fingerprint density at radius 1 is 1.58 bits per heavy atom. The van der Waals surface area contributed by atoms with Crippen molar-refractivity contribution < 1.29 is 14.1 Å². The predicted molar refractivity (Wildman–Crippen MR) is 51.0 cm³/mol. The van der Waals surface area contributed by atoms with Gasteiger partial charge in [-0.25, -0.2) is 4.79 Å². The fourth-order valence-corrected chi connectivity index (χ4v) is 0.849. The normalized spacial score (nSPS) is 10.8. The molecule has 0 aliphatic rings. The lowest BCUT2D eigenvalue weighted by molar-refractivity contribution is -0.117. The van der Waals surface area contributed by atoms with Crippen molar-refractivity contribution in [2.45, 2.75) is 6.92 Å². The van der Waals surface area contributed by atoms with Gasteiger partial charge in [0.2, 0.25) is 5.91 Å². The molecule has 7 heteroatoms. The predicted octanol–water partition coefficient (Wildman–Crippen LogP) is 0.768. The molecule has 0 fully saturated rings. The summed E-state index contributed by atoms with van der Waals surface area (Å²) in [6.45, 7) is 1.33. The Balaban J connectivity index is 4.22. The molecule has 0 saturated heterocycles. The zero-order valence-electron chi connectivity index (χ0n) is 6.66. The van der Waals surface area contributed by atoms with Gasteiger partial charge in [0.1, 0.15) is 0 Å². The number of rotatable bonds is 0. The molecule has 12 heavy (non-hydrogen) atoms. The lowest BCUT2D eigenvalue weighted by Crippen LogP contribution is -2.26. The minimum absolute atomic E-state index is 0.218. The molecule has 68 valence electrons. The van der Waals surface area contributed by atoms with Crippen molar-refractivity contribution >= 4 is 38.4 Å². The second-order valence-electron chi connectivity index (χ2n) is 1.69. The molecule has 0 aromatic carbocycles. The van der Waals surface area contributed by atoms with Gasteiger partial charge >= 0.3 is 6.09 Å². The van der Waals surface area contributed by atoms with Crippen LogP contribution in [0.4, 0.5) is 4.79 Å². The number of carbonyl (C=O) groups is 2. The summed E-state index contributed by atoms with van der Waals surface area (Å²) in [6.07, 6.45) is 0.920. The lowest BCUT2D eigenvalue weighted by Gasteiger charge is -2.00. The Bertz CT molecular complexity index is 219. The summed E-state index contributed by atoms with van der Waals surface area (Å²) in [6, 6.07) is 0. The summed E-state index contributed by atoms with van der Waals surface area (Å²) >= 11 is 1.15. The average molecular weight is 208 g/mol. The number of hydrogen-bond donors (Lipinski definition) is 1. The molecular weight excluding hydrogens is 199 g/mol. The van der Waals surface area contributed by atoms with Crippen LogP contribution in [0.15, 0.2) is 4.99 Å². The van der Waals surface area contributed by atoms with Crippen molar-refractivity contribution in [3.63, 3.8) is 0 Å². The average Bonchev–Trinajstić information content (AvgIpc) is 2.02. The third-order valence-electron chi connectivity index (χ3n) is 0.770. The fourth-order valence-electron chi connectivity index (χ4n) is 0.384. The topological polar surface area (TPSA) is 67.8 Å². The van der Waals surface area contributed by atoms with Crippen LogP contribution in [0.3, 0.4) is 0 Å². The Morgan fingerprint density at radius 2 is 2.17 bits per heavy atom. The van der Waals surface area contributed by atoms with Crippen molar-refractivity contribution in [3.05, 3.63) is 0 Å². The summed E-state index contributed by atoms with van der Waals surface area (Å²) in [5, 5.41) is 2.58. The van der Waals surface area contributed by atoms with Crippen molar-refractivity contribution in [1.29, 1.82) is 0 Å². The number of amidine groups is 1. The van der Waals surface area contributed by atoms with E-state index in [0.29, 0.717) is 0 Å². The van der Waals surface area contributed by atoms with E-state index in [2.05, 4.69) is 14.8 Å². The molecule has 1 atom stereocenters. The molecular formula is C5H9N2O3PS. The van der Waals surface area contributed by atoms with Gasteiger partial charge in [-0.15, -0.1) is 0 Å². The van der Waals surface area contributed by atoms with E-state index in [1.807, 2.05) is 0 Å². The first-order valence-corrected chi connectivity index (χ1v) is 4.60. The van der Waals surface area contributed by atoms with Gasteiger partial charge in [-0.05, 0) is 6.26 Å². The van der Waals surface area contributed by atoms with Crippen LogP contribution in [0.2, 0.25) is 0 Å². The second kappa shape index (κ2) is 5.97. The molecule has 0 aliphatic carbocycles. The van der Waals surface area contributed by atoms with E-state index in [9.17, 15) is 9.59 Å². The van der Waals surface area contributed by atoms with Gasteiger partial charge < -0.3 is 9.84 Å². The zero-order valence-corrected chi connectivity index (χ0v) is 8.63. The van der Waals surface area contributed by atoms with Crippen molar-refractivity contribution in [1.82, 2.24) is 5.32 Å². The monoisotopic (exact) mass is 208 g/mol. The molecule has 0 heterocycles. The van der Waals surface area contributed by atoms with Crippen LogP contribution >= 0.6 is 21.2 Å². The molecule has 0 saturated carbocycles. The summed E-state index contributed by atoms with van der Waals surface area (Å²) in [5.41, 5.74) is 0. The maximum Gasteiger partial charge on any atom is 0.438 e. The summed E-state index contributed by atoms with van der Waals surface area (Å²) in [4.78, 5) is 24.5. The van der Waals surface area contributed by atoms with Gasteiger partial charge in [-0.3, -0.25) is 4.79 Å². The van der Waals surface area contributed by atoms with Crippen LogP contribution in [-0.2, 0) is 9.32 Å². The van der Waals surface area contributed by atoms with Crippen LogP contribution < -0.4 is 5.32 Å². The Labute approximate surface area is 76.6 Å². The number of hydrogen-bond acceptors (Lipinski definition) is 4. The maximum absolute atomic E-state index is 10.6. The number of amides is 2. The summed E-state index contributed by atoms with van der Waals surface area (Å²) in [7, 11) is 1.77. The maximum atomic E-state index is 10.6. The molecule has 0 aliphatic heterocycles. The number of aliphatic imine (C=N–C) groups is 1. The fraction of sp³-hybridized carbons (Fsp3) is 0.400. The van der Waals surface area contributed by atoms with Crippen LogP contribution in [0.25, 0.3) is 0 Å². The first-order valence-electron chi connectivity index (χ1n) is 2.91. The number of thioether (sulfide) groups is 1. The Hall–Kier alpha value is -0.610. The molecule has 0 spiro atoms. The van der Waals surface area contributed by atoms with E-state index >= 15 is 0 Å². The van der Waals surface area contributed by atoms with Gasteiger partial charge in [0.15, 0.2) is 5.17 Å². The van der Waals surface area contributed by atoms with Gasteiger partial charge in [-0.1, -0.05) is 11.8 Å². The molecule has 0 bridgehead atoms. The van der Waals surface area contributed by atoms with E-state index in [1.54, 1.807) is 15.7 Å². The molecule has 0 aromatic heterocycles. The van der Waals surface area contributed by atoms with E-state index in [4.69, 9.17) is 0 Å². The van der Waals surface area contributed by atoms with Gasteiger partial charge in [0, 0.05) is 6.92 Å². The highest BCUT2D eigenvalue weighted by atomic mass is 32.2. The Morgan fingerprint density at radius 3 is 2.50 bits per heavy atom. The van der Waals surface area contributed by atoms with Crippen LogP contribution in [0.5, 0.6) is 0 Å². The SMILES string of the molecule is CSC(=NC(=O)OP)NC(C)=O. The van der Waals surface area contributed by atoms with E-state index in [1.165, 1.54) is 6.92 Å². The molecule has 5 nitrogen and oxygen atoms in total. The van der Waals surface area contributed by atoms with Crippen molar-refractivity contribution in [2.24, 2.45) is 4.99 Å². The zero-order chi connectivity index (χ0) is 9.56. The van der Waals surface area contributed by atoms with Crippen molar-refractivity contribution in [2.75, 3.05) is 6.26 Å². The van der Waals surface area contributed by atoms with Crippen LogP contribution in [-0.4, -0.2) is 23.4 Å². The molecule has 1 unspecified atom stereocenters. The van der Waals surface area contributed by atoms with E-state index in [-0.39, 0.29) is 11.1 Å². The highest BCUT2D eigenvalue weighted by Gasteiger charge is 2.02. The largest absolute Gasteiger partial charge is 0.438 e. The molecule has 0 radical (unpaired) electrons. The Kier molecular flexibility index (Phi) is 5.66. The third kappa shape index (κ3) is 5.09. The number of nitrogens with one attached hydrogen (secondary N) is 1. The standard InChI is InChI=1S/C5H9N2O3PS/c1-3(8)6-4(12-2)7-5(9)10-11/h11H2,1-2H3,(H,6,7,8,9). The summed E-state index contributed by atoms with van der Waals surface area (Å²) in [5.74, 6) is -0.278. The van der Waals surface area contributed by atoms with Crippen molar-refractivity contribution in [3.8, 4) is 0 Å². The lowest BCUT2D eigenvalue weighted by atomic mass is 10.7. The first-order chi connectivity index (χ1) is 5.60. The summed E-state index contributed by atoms with van der Waals surface area (Å²) < 4.78 is 4.19. The quantitative estimate of drug-likeness (QED) is 0.362. The highest BCUT2D eigenvalue weighted by Crippen LogP contribution is 1.98. The second-order valence-corrected chi connectivity index (χ2v) is 2.72. The minimum atomic E-state index is -0.766. The van der Waals surface area contributed by atoms with Gasteiger partial charge in [0.05, 0.1) is 9.47 Å². The van der Waals surface area contributed by atoms with E-state index < -0.39 is 6.09 Å². The minimum Gasteiger partial charge on any atom is -0.434 e. The first kappa shape index (κ1) is 11.4. The molecule has 0 aromatic rings. The number of nitrogens with zero attached hydrogens (tertiary/aromatic N) is 1. The molecule has 0 rings (SSSR count). The van der Waals surface area contributed by atoms with Gasteiger partial charge in [0.25, 0.3) is 0 Å². The van der Waals surface area contributed by atoms with Crippen LogP contribution in [0.1, 0.15) is 6.92 Å². The van der Waals surface area contributed by atoms with E-state index in [0.717, 1.165) is 11.8 Å². The number of carbonyl (C=O) groups excluding carboxylic acids is 2. The third-order valence-corrected chi connectivity index (χ3v) is 1.55. The van der Waals surface area contributed by atoms with Gasteiger partial charge in [-0.2, -0.15) is 4.99 Å². The highest BCUT2D eigenvalue weighted by molar-refractivity contribution is 8.13.